The Balaban J connectivity index is 2.11. The van der Waals surface area contributed by atoms with Crippen LogP contribution in [0, 0.1) is 0 Å². The molecule has 4 N–H and O–H groups in total. The van der Waals surface area contributed by atoms with E-state index in [1.54, 1.807) is 12.1 Å². The van der Waals surface area contributed by atoms with Gasteiger partial charge in [-0.15, -0.1) is 0 Å². The Hall–Kier alpha value is -2.62. The van der Waals surface area contributed by atoms with E-state index in [2.05, 4.69) is 10.9 Å². The van der Waals surface area contributed by atoms with Crippen molar-refractivity contribution in [2.45, 2.75) is 4.90 Å². The zero-order valence-electron chi connectivity index (χ0n) is 12.9. The summed E-state index contributed by atoms with van der Waals surface area (Å²) in [7, 11) is -2.62. The van der Waals surface area contributed by atoms with Crippen LogP contribution in [0.5, 0.6) is 5.75 Å². The molecule has 8 nitrogen and oxygen atoms in total. The molecule has 2 aromatic rings. The molecule has 0 aliphatic carbocycles. The molecular weight excluding hydrogens is 370 g/mol. The number of hydrogen-bond acceptors (Lipinski definition) is 5. The van der Waals surface area contributed by atoms with Gasteiger partial charge in [0.15, 0.2) is 0 Å². The molecule has 0 heterocycles. The first-order valence-corrected chi connectivity index (χ1v) is 8.72. The highest BCUT2D eigenvalue weighted by Crippen LogP contribution is 2.21. The fraction of sp³-hybridized carbons (Fsp3) is 0.0667. The topological polar surface area (TPSA) is 128 Å². The smallest absolute Gasteiger partial charge is 0.269 e. The minimum Gasteiger partial charge on any atom is -0.497 e. The predicted octanol–water partition coefficient (Wildman–Crippen LogP) is 1.07. The van der Waals surface area contributed by atoms with Crippen molar-refractivity contribution in [1.29, 1.82) is 0 Å². The highest BCUT2D eigenvalue weighted by molar-refractivity contribution is 7.89. The number of ether oxygens (including phenoxy) is 1. The van der Waals surface area contributed by atoms with Gasteiger partial charge in [-0.3, -0.25) is 20.4 Å². The molecule has 0 unspecified atom stereocenters. The molecule has 0 fully saturated rings. The number of hydrogen-bond donors (Lipinski definition) is 3. The molecule has 0 bridgehead atoms. The van der Waals surface area contributed by atoms with E-state index < -0.39 is 21.8 Å². The third-order valence-corrected chi connectivity index (χ3v) is 4.51. The van der Waals surface area contributed by atoms with Crippen molar-refractivity contribution in [2.75, 3.05) is 7.11 Å². The number of nitrogens with one attached hydrogen (secondary N) is 2. The van der Waals surface area contributed by atoms with Crippen molar-refractivity contribution in [2.24, 2.45) is 5.14 Å². The predicted molar refractivity (Wildman–Crippen MR) is 90.8 cm³/mol. The molecule has 0 spiro atoms. The number of nitrogens with two attached hydrogens (primary N) is 1. The van der Waals surface area contributed by atoms with Gasteiger partial charge in [0, 0.05) is 11.1 Å². The van der Waals surface area contributed by atoms with Gasteiger partial charge in [-0.1, -0.05) is 17.7 Å². The van der Waals surface area contributed by atoms with E-state index in [1.807, 2.05) is 0 Å². The molecule has 25 heavy (non-hydrogen) atoms. The molecule has 0 saturated heterocycles. The summed E-state index contributed by atoms with van der Waals surface area (Å²) >= 11 is 5.75. The van der Waals surface area contributed by atoms with Crippen LogP contribution < -0.4 is 20.7 Å². The summed E-state index contributed by atoms with van der Waals surface area (Å²) < 4.78 is 27.8. The highest BCUT2D eigenvalue weighted by atomic mass is 35.5. The first kappa shape index (κ1) is 18.7. The Morgan fingerprint density at radius 1 is 1.04 bits per heavy atom. The lowest BCUT2D eigenvalue weighted by Crippen LogP contribution is -2.41. The Morgan fingerprint density at radius 2 is 1.64 bits per heavy atom. The van der Waals surface area contributed by atoms with Gasteiger partial charge in [-0.05, 0) is 36.4 Å². The second-order valence-corrected chi connectivity index (χ2v) is 6.77. The minimum absolute atomic E-state index is 0.0423. The fourth-order valence-electron chi connectivity index (χ4n) is 1.88. The molecule has 132 valence electrons. The standard InChI is InChI=1S/C15H14ClN3O5S/c1-24-11-4-2-3-9(7-11)14(20)18-19-15(21)10-5-6-12(16)13(8-10)25(17,22)23/h2-8H,1H3,(H,18,20)(H,19,21)(H2,17,22,23). The maximum Gasteiger partial charge on any atom is 0.269 e. The van der Waals surface area contributed by atoms with Crippen LogP contribution >= 0.6 is 11.6 Å². The molecule has 0 radical (unpaired) electrons. The summed E-state index contributed by atoms with van der Waals surface area (Å²) in [4.78, 5) is 23.7. The van der Waals surface area contributed by atoms with Gasteiger partial charge in [-0.2, -0.15) is 0 Å². The number of amides is 2. The van der Waals surface area contributed by atoms with Crippen LogP contribution in [-0.2, 0) is 10.0 Å². The number of hydrazine groups is 1. The zero-order valence-corrected chi connectivity index (χ0v) is 14.5. The first-order valence-electron chi connectivity index (χ1n) is 6.79. The van der Waals surface area contributed by atoms with E-state index in [1.165, 1.54) is 31.4 Å². The van der Waals surface area contributed by atoms with Gasteiger partial charge in [0.2, 0.25) is 10.0 Å². The van der Waals surface area contributed by atoms with Crippen LogP contribution in [0.25, 0.3) is 0 Å². The summed E-state index contributed by atoms with van der Waals surface area (Å²) in [5.74, 6) is -0.833. The summed E-state index contributed by atoms with van der Waals surface area (Å²) in [6, 6.07) is 9.84. The van der Waals surface area contributed by atoms with E-state index in [0.717, 1.165) is 6.07 Å². The second-order valence-electron chi connectivity index (χ2n) is 4.83. The first-order chi connectivity index (χ1) is 11.7. The maximum absolute atomic E-state index is 12.1. The number of methoxy groups -OCH3 is 1. The molecule has 2 amide bonds. The molecule has 0 aliphatic rings. The van der Waals surface area contributed by atoms with E-state index in [-0.39, 0.29) is 21.0 Å². The number of carbonyl (C=O) groups excluding carboxylic acids is 2. The van der Waals surface area contributed by atoms with E-state index in [0.29, 0.717) is 5.75 Å². The largest absolute Gasteiger partial charge is 0.497 e. The SMILES string of the molecule is COc1cccc(C(=O)NNC(=O)c2ccc(Cl)c(S(N)(=O)=O)c2)c1. The van der Waals surface area contributed by atoms with Crippen molar-refractivity contribution in [3.8, 4) is 5.75 Å². The van der Waals surface area contributed by atoms with Crippen LogP contribution in [-0.4, -0.2) is 27.3 Å². The number of carbonyl (C=O) groups is 2. The highest BCUT2D eigenvalue weighted by Gasteiger charge is 2.17. The molecule has 0 atom stereocenters. The fourth-order valence-corrected chi connectivity index (χ4v) is 2.96. The van der Waals surface area contributed by atoms with Crippen molar-refractivity contribution < 1.29 is 22.7 Å². The van der Waals surface area contributed by atoms with Crippen LogP contribution in [0.1, 0.15) is 20.7 Å². The lowest BCUT2D eigenvalue weighted by atomic mass is 10.2. The summed E-state index contributed by atoms with van der Waals surface area (Å²) in [6.07, 6.45) is 0. The van der Waals surface area contributed by atoms with Crippen molar-refractivity contribution >= 4 is 33.4 Å². The third-order valence-electron chi connectivity index (χ3n) is 3.12. The van der Waals surface area contributed by atoms with Gasteiger partial charge in [0.25, 0.3) is 11.8 Å². The number of primary sulfonamides is 1. The Kier molecular flexibility index (Phi) is 5.62. The second kappa shape index (κ2) is 7.51. The van der Waals surface area contributed by atoms with Crippen molar-refractivity contribution in [1.82, 2.24) is 10.9 Å². The molecule has 0 aliphatic heterocycles. The van der Waals surface area contributed by atoms with Gasteiger partial charge in [0.1, 0.15) is 10.6 Å². The molecule has 0 aromatic heterocycles. The lowest BCUT2D eigenvalue weighted by molar-refractivity contribution is 0.0846. The Labute approximate surface area is 148 Å². The zero-order chi connectivity index (χ0) is 18.6. The van der Waals surface area contributed by atoms with Gasteiger partial charge in [0.05, 0.1) is 12.1 Å². The van der Waals surface area contributed by atoms with Crippen molar-refractivity contribution in [3.63, 3.8) is 0 Å². The molecule has 0 saturated carbocycles. The average Bonchev–Trinajstić information content (AvgIpc) is 2.58. The number of rotatable bonds is 4. The maximum atomic E-state index is 12.1. The number of sulfonamides is 1. The number of halogens is 1. The van der Waals surface area contributed by atoms with Gasteiger partial charge >= 0.3 is 0 Å². The Morgan fingerprint density at radius 3 is 2.20 bits per heavy atom. The number of benzene rings is 2. The third kappa shape index (κ3) is 4.69. The molecular formula is C15H14ClN3O5S. The van der Waals surface area contributed by atoms with E-state index in [9.17, 15) is 18.0 Å². The van der Waals surface area contributed by atoms with Crippen molar-refractivity contribution in [3.05, 3.63) is 58.6 Å². The average molecular weight is 384 g/mol. The van der Waals surface area contributed by atoms with Gasteiger partial charge < -0.3 is 4.74 Å². The monoisotopic (exact) mass is 383 g/mol. The van der Waals surface area contributed by atoms with Crippen LogP contribution in [0.2, 0.25) is 5.02 Å². The lowest BCUT2D eigenvalue weighted by Gasteiger charge is -2.09. The minimum atomic E-state index is -4.08. The summed E-state index contributed by atoms with van der Waals surface area (Å²) in [6.45, 7) is 0. The Bertz CT molecular complexity index is 931. The summed E-state index contributed by atoms with van der Waals surface area (Å²) in [5.41, 5.74) is 4.61. The van der Waals surface area contributed by atoms with Crippen LogP contribution in [0.4, 0.5) is 0 Å². The summed E-state index contributed by atoms with van der Waals surface area (Å²) in [5, 5.41) is 4.92. The van der Waals surface area contributed by atoms with Gasteiger partial charge in [-0.25, -0.2) is 13.6 Å². The molecule has 10 heteroatoms. The van der Waals surface area contributed by atoms with E-state index in [4.69, 9.17) is 21.5 Å². The molecule has 2 rings (SSSR count). The quantitative estimate of drug-likeness (QED) is 0.680. The van der Waals surface area contributed by atoms with Crippen LogP contribution in [0.15, 0.2) is 47.4 Å². The van der Waals surface area contributed by atoms with E-state index >= 15 is 0 Å². The normalized spacial score (nSPS) is 10.8. The molecule has 2 aromatic carbocycles. The van der Waals surface area contributed by atoms with Crippen LogP contribution in [0.3, 0.4) is 0 Å².